The van der Waals surface area contributed by atoms with Crippen molar-refractivity contribution in [1.29, 1.82) is 0 Å². The Kier molecular flexibility index (Phi) is 5.17. The number of carbonyl (C=O) groups is 2. The lowest BCUT2D eigenvalue weighted by Crippen LogP contribution is -2.14. The number of aromatic nitrogens is 1. The number of pyridine rings is 1. The fraction of sp³-hybridized carbons (Fsp3) is 0.188. The molecule has 0 aliphatic carbocycles. The van der Waals surface area contributed by atoms with Gasteiger partial charge in [0.15, 0.2) is 0 Å². The summed E-state index contributed by atoms with van der Waals surface area (Å²) >= 11 is 0. The molecule has 0 amide bonds. The summed E-state index contributed by atoms with van der Waals surface area (Å²) in [6.07, 6.45) is 1.31. The Bertz CT molecular complexity index is 947. The molecule has 1 aromatic carbocycles. The summed E-state index contributed by atoms with van der Waals surface area (Å²) in [5, 5.41) is 30.3. The highest BCUT2D eigenvalue weighted by Gasteiger charge is 2.29. The van der Waals surface area contributed by atoms with Gasteiger partial charge in [0.1, 0.15) is 0 Å². The average molecular weight is 378 g/mol. The molecule has 0 saturated heterocycles. The third-order valence-electron chi connectivity index (χ3n) is 3.74. The number of nitro groups is 1. The van der Waals surface area contributed by atoms with Crippen LogP contribution < -0.4 is 0 Å². The summed E-state index contributed by atoms with van der Waals surface area (Å²) in [6, 6.07) is 3.39. The largest absolute Gasteiger partial charge is 0.478 e. The van der Waals surface area contributed by atoms with Crippen LogP contribution in [0.4, 0.5) is 5.69 Å². The maximum Gasteiger partial charge on any atom is 0.338 e. The predicted octanol–water partition coefficient (Wildman–Crippen LogP) is 2.41. The Labute approximate surface area is 149 Å². The number of non-ortho nitro benzene ring substituents is 1. The van der Waals surface area contributed by atoms with Gasteiger partial charge in [-0.15, -0.1) is 0 Å². The van der Waals surface area contributed by atoms with E-state index in [1.807, 2.05) is 0 Å². The monoisotopic (exact) mass is 378 g/mol. The van der Waals surface area contributed by atoms with Gasteiger partial charge >= 0.3 is 11.9 Å². The molecule has 0 radical (unpaired) electrons. The van der Waals surface area contributed by atoms with Crippen LogP contribution in [-0.4, -0.2) is 42.5 Å². The highest BCUT2D eigenvalue weighted by atomic mass is 32.2. The molecule has 0 saturated carbocycles. The molecule has 1 unspecified atom stereocenters. The minimum absolute atomic E-state index is 0.0503. The lowest BCUT2D eigenvalue weighted by Gasteiger charge is -2.16. The average Bonchev–Trinajstić information content (AvgIpc) is 2.52. The van der Waals surface area contributed by atoms with Crippen LogP contribution in [0.3, 0.4) is 0 Å². The van der Waals surface area contributed by atoms with Crippen molar-refractivity contribution >= 4 is 28.4 Å². The molecular weight excluding hydrogens is 364 g/mol. The molecule has 1 heterocycles. The summed E-state index contributed by atoms with van der Waals surface area (Å²) in [5.41, 5.74) is -1.41. The second-order valence-electron chi connectivity index (χ2n) is 5.41. The summed E-state index contributed by atoms with van der Waals surface area (Å²) in [7, 11) is -1.65. The number of benzene rings is 1. The van der Waals surface area contributed by atoms with E-state index in [9.17, 15) is 34.1 Å². The summed E-state index contributed by atoms with van der Waals surface area (Å²) in [6.45, 7) is 2.79. The van der Waals surface area contributed by atoms with Crippen LogP contribution in [0.1, 0.15) is 32.1 Å². The Morgan fingerprint density at radius 2 is 1.62 bits per heavy atom. The van der Waals surface area contributed by atoms with Gasteiger partial charge in [-0.3, -0.25) is 19.3 Å². The highest BCUT2D eigenvalue weighted by Crippen LogP contribution is 2.37. The van der Waals surface area contributed by atoms with Crippen LogP contribution in [0, 0.1) is 24.0 Å². The van der Waals surface area contributed by atoms with E-state index in [0.29, 0.717) is 0 Å². The van der Waals surface area contributed by atoms with E-state index in [2.05, 4.69) is 4.98 Å². The first-order valence-electron chi connectivity index (χ1n) is 7.16. The molecule has 0 bridgehead atoms. The van der Waals surface area contributed by atoms with Crippen LogP contribution in [0.5, 0.6) is 0 Å². The third-order valence-corrected chi connectivity index (χ3v) is 4.72. The minimum Gasteiger partial charge on any atom is -0.478 e. The van der Waals surface area contributed by atoms with E-state index in [1.54, 1.807) is 0 Å². The Morgan fingerprint density at radius 1 is 1.12 bits per heavy atom. The Hall–Kier alpha value is -3.14. The van der Waals surface area contributed by atoms with Crippen molar-refractivity contribution in [1.82, 2.24) is 4.98 Å². The van der Waals surface area contributed by atoms with Gasteiger partial charge in [-0.25, -0.2) is 9.59 Å². The summed E-state index contributed by atoms with van der Waals surface area (Å²) in [4.78, 5) is 38.0. The number of nitro benzene ring substituents is 1. The molecular formula is C16H14N2O7S. The zero-order chi connectivity index (χ0) is 19.8. The molecule has 0 fully saturated rings. The van der Waals surface area contributed by atoms with E-state index in [4.69, 9.17) is 0 Å². The normalized spacial score (nSPS) is 11.8. The van der Waals surface area contributed by atoms with Crippen LogP contribution in [-0.2, 0) is 10.8 Å². The molecule has 2 rings (SSSR count). The molecule has 0 aliphatic rings. The summed E-state index contributed by atoms with van der Waals surface area (Å²) in [5.74, 6) is -2.88. The second-order valence-corrected chi connectivity index (χ2v) is 6.76. The van der Waals surface area contributed by atoms with Gasteiger partial charge in [0.2, 0.25) is 0 Å². The number of aromatic carboxylic acids is 2. The van der Waals surface area contributed by atoms with Crippen molar-refractivity contribution in [2.24, 2.45) is 0 Å². The van der Waals surface area contributed by atoms with Crippen molar-refractivity contribution in [3.8, 4) is 11.1 Å². The number of nitrogens with zero attached hydrogens (tertiary/aromatic N) is 2. The van der Waals surface area contributed by atoms with E-state index in [-0.39, 0.29) is 33.1 Å². The molecule has 2 N–H and O–H groups in total. The van der Waals surface area contributed by atoms with Gasteiger partial charge in [-0.05, 0) is 19.9 Å². The van der Waals surface area contributed by atoms with Gasteiger partial charge in [0, 0.05) is 34.4 Å². The van der Waals surface area contributed by atoms with Gasteiger partial charge in [-0.2, -0.15) is 0 Å². The molecule has 26 heavy (non-hydrogen) atoms. The van der Waals surface area contributed by atoms with Crippen molar-refractivity contribution in [2.45, 2.75) is 18.7 Å². The fourth-order valence-electron chi connectivity index (χ4n) is 2.72. The van der Waals surface area contributed by atoms with Gasteiger partial charge in [-0.1, -0.05) is 0 Å². The molecule has 9 nitrogen and oxygen atoms in total. The molecule has 136 valence electrons. The zero-order valence-corrected chi connectivity index (χ0v) is 14.8. The van der Waals surface area contributed by atoms with Crippen molar-refractivity contribution in [3.05, 3.63) is 50.8 Å². The predicted molar refractivity (Wildman–Crippen MR) is 92.1 cm³/mol. The van der Waals surface area contributed by atoms with Gasteiger partial charge < -0.3 is 10.2 Å². The Morgan fingerprint density at radius 3 is 2.00 bits per heavy atom. The second kappa shape index (κ2) is 7.00. The first-order valence-corrected chi connectivity index (χ1v) is 8.72. The number of aryl methyl sites for hydroxylation is 2. The SMILES string of the molecule is Cc1nc(C)c(C(=O)O)c(-c2cc([N+](=O)[O-])ccc2S(C)=O)c1C(=O)O. The first kappa shape index (κ1) is 19.2. The number of hydrogen-bond acceptors (Lipinski definition) is 6. The lowest BCUT2D eigenvalue weighted by molar-refractivity contribution is -0.384. The van der Waals surface area contributed by atoms with E-state index in [0.717, 1.165) is 12.1 Å². The number of hydrogen-bond donors (Lipinski definition) is 2. The van der Waals surface area contributed by atoms with E-state index < -0.39 is 38.8 Å². The van der Waals surface area contributed by atoms with E-state index in [1.165, 1.54) is 26.2 Å². The quantitative estimate of drug-likeness (QED) is 0.595. The first-order chi connectivity index (χ1) is 12.1. The molecule has 0 aliphatic heterocycles. The Balaban J connectivity index is 3.11. The fourth-order valence-corrected chi connectivity index (χ4v) is 3.45. The van der Waals surface area contributed by atoms with Crippen LogP contribution in [0.25, 0.3) is 11.1 Å². The number of rotatable bonds is 5. The van der Waals surface area contributed by atoms with Crippen molar-refractivity contribution in [3.63, 3.8) is 0 Å². The minimum atomic E-state index is -1.65. The summed E-state index contributed by atoms with van der Waals surface area (Å²) < 4.78 is 12.1. The number of carboxylic acid groups (broad SMARTS) is 2. The third kappa shape index (κ3) is 3.31. The smallest absolute Gasteiger partial charge is 0.338 e. The van der Waals surface area contributed by atoms with Crippen LogP contribution in [0.15, 0.2) is 23.1 Å². The van der Waals surface area contributed by atoms with Crippen molar-refractivity contribution < 1.29 is 28.9 Å². The van der Waals surface area contributed by atoms with Crippen LogP contribution in [0.2, 0.25) is 0 Å². The maximum absolute atomic E-state index is 12.1. The molecule has 1 atom stereocenters. The van der Waals surface area contributed by atoms with E-state index >= 15 is 0 Å². The van der Waals surface area contributed by atoms with Crippen molar-refractivity contribution in [2.75, 3.05) is 6.26 Å². The van der Waals surface area contributed by atoms with Gasteiger partial charge in [0.05, 0.1) is 38.2 Å². The molecule has 0 spiro atoms. The van der Waals surface area contributed by atoms with Gasteiger partial charge in [0.25, 0.3) is 5.69 Å². The zero-order valence-electron chi connectivity index (χ0n) is 14.0. The standard InChI is InChI=1S/C16H14N2O7S/c1-7-12(15(19)20)14(13(16(21)22)8(2)17-7)10-6-9(18(23)24)4-5-11(10)26(3)25/h4-6H,1-3H3,(H,19,20)(H,21,22). The highest BCUT2D eigenvalue weighted by molar-refractivity contribution is 7.84. The van der Waals surface area contributed by atoms with Crippen LogP contribution >= 0.6 is 0 Å². The molecule has 1 aromatic heterocycles. The lowest BCUT2D eigenvalue weighted by atomic mass is 9.92. The maximum atomic E-state index is 12.1. The molecule has 10 heteroatoms. The topological polar surface area (TPSA) is 148 Å². The molecule has 2 aromatic rings. The number of carboxylic acids is 2.